The average Bonchev–Trinajstić information content (AvgIpc) is 3.34. The van der Waals surface area contributed by atoms with Crippen molar-refractivity contribution in [3.05, 3.63) is 36.2 Å². The number of fused-ring (bicyclic) bond motifs is 1. The van der Waals surface area contributed by atoms with Crippen LogP contribution in [0.2, 0.25) is 0 Å². The Bertz CT molecular complexity index is 918. The van der Waals surface area contributed by atoms with Crippen LogP contribution in [-0.4, -0.2) is 68.3 Å². The van der Waals surface area contributed by atoms with Gasteiger partial charge in [-0.05, 0) is 26.8 Å². The second kappa shape index (κ2) is 7.17. The number of hydrogen-bond donors (Lipinski definition) is 0. The first-order chi connectivity index (χ1) is 13.7. The number of ether oxygens (including phenoxy) is 1. The quantitative estimate of drug-likeness (QED) is 0.777. The maximum atomic E-state index is 13.3. The second-order valence-electron chi connectivity index (χ2n) is 8.87. The third kappa shape index (κ3) is 3.83. The van der Waals surface area contributed by atoms with Crippen LogP contribution in [0.25, 0.3) is 11.4 Å². The summed E-state index contributed by atoms with van der Waals surface area (Å²) >= 11 is 0. The molecule has 2 aliphatic rings. The highest BCUT2D eigenvalue weighted by Gasteiger charge is 2.44. The van der Waals surface area contributed by atoms with Crippen LogP contribution in [-0.2, 0) is 11.8 Å². The summed E-state index contributed by atoms with van der Waals surface area (Å²) in [4.78, 5) is 33.6. The molecule has 3 heterocycles. The van der Waals surface area contributed by atoms with Crippen molar-refractivity contribution in [1.29, 1.82) is 0 Å². The zero-order chi connectivity index (χ0) is 20.8. The predicted molar refractivity (Wildman–Crippen MR) is 107 cm³/mol. The fraction of sp³-hybridized carbons (Fsp3) is 0.524. The molecule has 2 saturated heterocycles. The molecule has 2 aliphatic heterocycles. The first kappa shape index (κ1) is 19.4. The summed E-state index contributed by atoms with van der Waals surface area (Å²) in [7, 11) is 1.81. The number of likely N-dealkylation sites (tertiary alicyclic amines) is 2. The lowest BCUT2D eigenvalue weighted by atomic mass is 10.0. The van der Waals surface area contributed by atoms with E-state index in [-0.39, 0.29) is 23.8 Å². The van der Waals surface area contributed by atoms with Crippen molar-refractivity contribution in [2.45, 2.75) is 26.4 Å². The van der Waals surface area contributed by atoms with E-state index in [0.717, 1.165) is 5.56 Å². The van der Waals surface area contributed by atoms with E-state index in [2.05, 4.69) is 10.1 Å². The van der Waals surface area contributed by atoms with Crippen molar-refractivity contribution < 1.29 is 14.3 Å². The zero-order valence-electron chi connectivity index (χ0n) is 17.3. The van der Waals surface area contributed by atoms with E-state index in [9.17, 15) is 9.59 Å². The van der Waals surface area contributed by atoms with Crippen molar-refractivity contribution in [3.8, 4) is 11.4 Å². The molecule has 0 N–H and O–H groups in total. The van der Waals surface area contributed by atoms with Crippen molar-refractivity contribution in [3.63, 3.8) is 0 Å². The molecular formula is C21H27N5O3. The maximum Gasteiger partial charge on any atom is 0.410 e. The van der Waals surface area contributed by atoms with Crippen LogP contribution in [0.3, 0.4) is 0 Å². The topological polar surface area (TPSA) is 80.6 Å². The third-order valence-electron chi connectivity index (χ3n) is 5.53. The molecule has 8 heteroatoms. The van der Waals surface area contributed by atoms with Crippen LogP contribution in [0.4, 0.5) is 4.79 Å². The van der Waals surface area contributed by atoms with Crippen LogP contribution >= 0.6 is 0 Å². The fourth-order valence-electron chi connectivity index (χ4n) is 4.21. The van der Waals surface area contributed by atoms with Crippen molar-refractivity contribution in [2.24, 2.45) is 18.9 Å². The summed E-state index contributed by atoms with van der Waals surface area (Å²) in [6, 6.07) is 7.51. The second-order valence-corrected chi connectivity index (χ2v) is 8.87. The molecule has 2 atom stereocenters. The Morgan fingerprint density at radius 1 is 1.03 bits per heavy atom. The van der Waals surface area contributed by atoms with E-state index in [1.54, 1.807) is 9.58 Å². The van der Waals surface area contributed by atoms with Crippen molar-refractivity contribution in [2.75, 3.05) is 26.2 Å². The standard InChI is InChI=1S/C21H27N5O3/c1-21(2,3)29-20(28)26-11-14-9-25(10-15(14)12-26)19(27)17-8-6-5-7-16(17)18-22-13-23-24(18)4/h5-8,13-15H,9-12H2,1-4H3. The van der Waals surface area contributed by atoms with Crippen LogP contribution in [0.5, 0.6) is 0 Å². The van der Waals surface area contributed by atoms with Gasteiger partial charge in [0.15, 0.2) is 5.82 Å². The van der Waals surface area contributed by atoms with Gasteiger partial charge in [0.05, 0.1) is 5.56 Å². The van der Waals surface area contributed by atoms with Gasteiger partial charge in [0.2, 0.25) is 0 Å². The Kier molecular flexibility index (Phi) is 4.80. The van der Waals surface area contributed by atoms with Gasteiger partial charge < -0.3 is 14.5 Å². The van der Waals surface area contributed by atoms with Crippen LogP contribution in [0.1, 0.15) is 31.1 Å². The predicted octanol–water partition coefficient (Wildman–Crippen LogP) is 2.42. The molecule has 2 unspecified atom stereocenters. The molecule has 4 rings (SSSR count). The van der Waals surface area contributed by atoms with Crippen LogP contribution < -0.4 is 0 Å². The van der Waals surface area contributed by atoms with E-state index < -0.39 is 5.60 Å². The SMILES string of the molecule is Cn1ncnc1-c1ccccc1C(=O)N1CC2CN(C(=O)OC(C)(C)C)CC2C1. The first-order valence-corrected chi connectivity index (χ1v) is 9.93. The Morgan fingerprint density at radius 2 is 1.66 bits per heavy atom. The van der Waals surface area contributed by atoms with Crippen molar-refractivity contribution >= 4 is 12.0 Å². The summed E-state index contributed by atoms with van der Waals surface area (Å²) in [6.07, 6.45) is 1.22. The Labute approximate surface area is 170 Å². The highest BCUT2D eigenvalue weighted by Crippen LogP contribution is 2.33. The molecule has 154 valence electrons. The average molecular weight is 397 g/mol. The van der Waals surface area contributed by atoms with Crippen molar-refractivity contribution in [1.82, 2.24) is 24.6 Å². The molecule has 2 fully saturated rings. The van der Waals surface area contributed by atoms with E-state index in [1.165, 1.54) is 6.33 Å². The van der Waals surface area contributed by atoms with Crippen LogP contribution in [0, 0.1) is 11.8 Å². The van der Waals surface area contributed by atoms with Gasteiger partial charge in [0, 0.05) is 50.6 Å². The van der Waals surface area contributed by atoms with Gasteiger partial charge in [0.25, 0.3) is 5.91 Å². The molecule has 2 aromatic rings. The smallest absolute Gasteiger partial charge is 0.410 e. The molecule has 0 radical (unpaired) electrons. The van der Waals surface area contributed by atoms with E-state index in [0.29, 0.717) is 37.6 Å². The minimum absolute atomic E-state index is 0.00168. The maximum absolute atomic E-state index is 13.3. The molecule has 1 aromatic carbocycles. The largest absolute Gasteiger partial charge is 0.444 e. The number of amides is 2. The number of carbonyl (C=O) groups excluding carboxylic acids is 2. The first-order valence-electron chi connectivity index (χ1n) is 9.93. The van der Waals surface area contributed by atoms with Gasteiger partial charge in [-0.3, -0.25) is 4.79 Å². The number of hydrogen-bond acceptors (Lipinski definition) is 5. The summed E-state index contributed by atoms with van der Waals surface area (Å²) in [5, 5.41) is 4.12. The van der Waals surface area contributed by atoms with E-state index in [4.69, 9.17) is 4.74 Å². The third-order valence-corrected chi connectivity index (χ3v) is 5.53. The highest BCUT2D eigenvalue weighted by molar-refractivity contribution is 6.00. The van der Waals surface area contributed by atoms with Gasteiger partial charge >= 0.3 is 6.09 Å². The summed E-state index contributed by atoms with van der Waals surface area (Å²) in [6.45, 7) is 8.18. The Hall–Kier alpha value is -2.90. The summed E-state index contributed by atoms with van der Waals surface area (Å²) in [5.41, 5.74) is 0.915. The molecule has 0 spiro atoms. The Morgan fingerprint density at radius 3 is 2.24 bits per heavy atom. The van der Waals surface area contributed by atoms with Gasteiger partial charge in [-0.1, -0.05) is 18.2 Å². The lowest BCUT2D eigenvalue weighted by Gasteiger charge is -2.26. The monoisotopic (exact) mass is 397 g/mol. The molecule has 0 aliphatic carbocycles. The van der Waals surface area contributed by atoms with E-state index in [1.807, 2.05) is 57.0 Å². The molecule has 2 amide bonds. The molecule has 1 aromatic heterocycles. The normalized spacial score (nSPS) is 21.4. The number of rotatable bonds is 2. The van der Waals surface area contributed by atoms with Crippen LogP contribution in [0.15, 0.2) is 30.6 Å². The number of benzene rings is 1. The van der Waals surface area contributed by atoms with Gasteiger partial charge in [0.1, 0.15) is 11.9 Å². The summed E-state index contributed by atoms with van der Waals surface area (Å²) < 4.78 is 7.16. The lowest BCUT2D eigenvalue weighted by Crippen LogP contribution is -2.38. The number of aromatic nitrogens is 3. The number of aryl methyl sites for hydroxylation is 1. The molecule has 8 nitrogen and oxygen atoms in total. The minimum Gasteiger partial charge on any atom is -0.444 e. The van der Waals surface area contributed by atoms with E-state index >= 15 is 0 Å². The number of nitrogens with zero attached hydrogens (tertiary/aromatic N) is 5. The zero-order valence-corrected chi connectivity index (χ0v) is 17.3. The van der Waals surface area contributed by atoms with Gasteiger partial charge in [-0.2, -0.15) is 5.10 Å². The molecule has 29 heavy (non-hydrogen) atoms. The molecular weight excluding hydrogens is 370 g/mol. The molecule has 0 saturated carbocycles. The highest BCUT2D eigenvalue weighted by atomic mass is 16.6. The lowest BCUT2D eigenvalue weighted by molar-refractivity contribution is 0.0275. The summed E-state index contributed by atoms with van der Waals surface area (Å²) in [5.74, 6) is 1.24. The Balaban J connectivity index is 1.45. The van der Waals surface area contributed by atoms with Gasteiger partial charge in [-0.25, -0.2) is 14.5 Å². The fourth-order valence-corrected chi connectivity index (χ4v) is 4.21. The number of carbonyl (C=O) groups is 2. The molecule has 0 bridgehead atoms. The minimum atomic E-state index is -0.500. The van der Waals surface area contributed by atoms with Gasteiger partial charge in [-0.15, -0.1) is 0 Å².